The Morgan fingerprint density at radius 1 is 0.957 bits per heavy atom. The molecule has 0 amide bonds. The van der Waals surface area contributed by atoms with Gasteiger partial charge in [-0.2, -0.15) is 0 Å². The molecule has 0 aromatic carbocycles. The fourth-order valence-electron chi connectivity index (χ4n) is 7.31. The van der Waals surface area contributed by atoms with Crippen molar-refractivity contribution in [3.63, 3.8) is 0 Å². The third-order valence-corrected chi connectivity index (χ3v) is 9.85. The van der Waals surface area contributed by atoms with Crippen LogP contribution in [0.25, 0.3) is 0 Å². The lowest BCUT2D eigenvalue weighted by atomic mass is 9.85. The van der Waals surface area contributed by atoms with Crippen molar-refractivity contribution >= 4 is 34.9 Å². The number of nitrogens with one attached hydrogen (secondary N) is 1. The molecule has 1 saturated heterocycles. The van der Waals surface area contributed by atoms with E-state index in [1.165, 1.54) is 14.2 Å². The Labute approximate surface area is 268 Å². The van der Waals surface area contributed by atoms with Crippen molar-refractivity contribution < 1.29 is 29.0 Å². The maximum absolute atomic E-state index is 14.1. The largest absolute Gasteiger partial charge is 0.515 e. The zero-order valence-corrected chi connectivity index (χ0v) is 27.2. The standard InChI is InChI=1S/C36H38N4O6/c1-8-19-16(3)23-12-24-17(4)21(10-11-29(42)45-6)33(39-24)31-32(36(44)46-7)35(43)30-18(5)25(40-34(30)31)13-27-20(9-2)22(15-41)28(38-27)14-26(19)37-23/h12-15,17,21,32,39,41H,8-11H2,1-7H3. The maximum atomic E-state index is 14.1. The van der Waals surface area contributed by atoms with Gasteiger partial charge < -0.3 is 19.9 Å². The molecule has 6 rings (SSSR count). The number of ketones is 1. The van der Waals surface area contributed by atoms with E-state index in [0.717, 1.165) is 46.5 Å². The number of aliphatic imine (C=N–C) groups is 3. The number of Topliss-reactive ketones (excluding diaryl/α,β-unsaturated/α-hetero) is 1. The van der Waals surface area contributed by atoms with E-state index in [2.05, 4.69) is 19.2 Å². The molecule has 1 aliphatic carbocycles. The number of allylic oxidation sites excluding steroid dienone is 11. The summed E-state index contributed by atoms with van der Waals surface area (Å²) < 4.78 is 10.1. The number of aliphatic hydroxyl groups is 1. The number of methoxy groups -OCH3 is 2. The van der Waals surface area contributed by atoms with Crippen LogP contribution in [0.3, 0.4) is 0 Å². The molecule has 0 aromatic heterocycles. The van der Waals surface area contributed by atoms with Crippen molar-refractivity contribution in [2.45, 2.75) is 60.3 Å². The number of ether oxygens (including phenoxy) is 2. The number of carbonyl (C=O) groups is 3. The Bertz CT molecular complexity index is 1850. The molecule has 0 radical (unpaired) electrons. The molecule has 3 unspecified atom stereocenters. The van der Waals surface area contributed by atoms with Crippen LogP contribution in [0.1, 0.15) is 60.3 Å². The molecule has 238 valence electrons. The quantitative estimate of drug-likeness (QED) is 0.223. The summed E-state index contributed by atoms with van der Waals surface area (Å²) in [5.41, 5.74) is 10.4. The van der Waals surface area contributed by atoms with Crippen molar-refractivity contribution in [3.05, 3.63) is 92.0 Å². The van der Waals surface area contributed by atoms with Crippen LogP contribution in [-0.2, 0) is 23.9 Å². The second kappa shape index (κ2) is 11.8. The molecule has 10 nitrogen and oxygen atoms in total. The zero-order valence-electron chi connectivity index (χ0n) is 27.2. The minimum Gasteiger partial charge on any atom is -0.515 e. The first kappa shape index (κ1) is 31.1. The number of hydrogen-bond donors (Lipinski definition) is 2. The minimum atomic E-state index is -1.19. The van der Waals surface area contributed by atoms with E-state index in [-0.39, 0.29) is 30.0 Å². The summed E-state index contributed by atoms with van der Waals surface area (Å²) >= 11 is 0. The van der Waals surface area contributed by atoms with E-state index in [0.29, 0.717) is 63.6 Å². The highest BCUT2D eigenvalue weighted by atomic mass is 16.5. The van der Waals surface area contributed by atoms with Crippen molar-refractivity contribution in [2.75, 3.05) is 14.2 Å². The average molecular weight is 623 g/mol. The first-order valence-corrected chi connectivity index (χ1v) is 15.7. The molecule has 2 fully saturated rings. The van der Waals surface area contributed by atoms with Crippen molar-refractivity contribution in [3.8, 4) is 0 Å². The van der Waals surface area contributed by atoms with Crippen LogP contribution < -0.4 is 5.32 Å². The molecule has 0 spiro atoms. The lowest BCUT2D eigenvalue weighted by Gasteiger charge is -2.19. The smallest absolute Gasteiger partial charge is 0.321 e. The molecular weight excluding hydrogens is 584 g/mol. The second-order valence-corrected chi connectivity index (χ2v) is 12.1. The van der Waals surface area contributed by atoms with Crippen molar-refractivity contribution in [2.24, 2.45) is 32.7 Å². The average Bonchev–Trinajstić information content (AvgIpc) is 3.79. The molecule has 0 aromatic rings. The number of nitrogens with zero attached hydrogens (tertiary/aromatic N) is 3. The SMILES string of the molecule is CCC1=C2C=C3N=C4C(=C3C)C(=O)C(C(=O)OC)C4=C3NC(=CC4=NC(=CC(=N2)C1=CO)C(CC)=C4C)C(C)C3CCC(=O)OC. The van der Waals surface area contributed by atoms with Gasteiger partial charge in [-0.1, -0.05) is 20.8 Å². The van der Waals surface area contributed by atoms with Crippen molar-refractivity contribution in [1.82, 2.24) is 5.32 Å². The summed E-state index contributed by atoms with van der Waals surface area (Å²) in [5.74, 6) is -2.93. The number of aliphatic hydroxyl groups excluding tert-OH is 1. The van der Waals surface area contributed by atoms with Crippen LogP contribution in [0.15, 0.2) is 107 Å². The lowest BCUT2D eigenvalue weighted by Crippen LogP contribution is -2.26. The summed E-state index contributed by atoms with van der Waals surface area (Å²) in [5, 5.41) is 13.9. The van der Waals surface area contributed by atoms with Gasteiger partial charge in [-0.05, 0) is 73.6 Å². The van der Waals surface area contributed by atoms with Crippen LogP contribution in [0.5, 0.6) is 0 Å². The molecule has 10 heteroatoms. The second-order valence-electron chi connectivity index (χ2n) is 12.1. The topological polar surface area (TPSA) is 139 Å². The third-order valence-electron chi connectivity index (χ3n) is 9.85. The first-order chi connectivity index (χ1) is 22.1. The van der Waals surface area contributed by atoms with Crippen LogP contribution in [0, 0.1) is 17.8 Å². The number of carbonyl (C=O) groups excluding carboxylic acids is 3. The van der Waals surface area contributed by atoms with Crippen LogP contribution >= 0.6 is 0 Å². The van der Waals surface area contributed by atoms with Gasteiger partial charge in [0.2, 0.25) is 0 Å². The summed E-state index contributed by atoms with van der Waals surface area (Å²) in [7, 11) is 2.63. The number of fused-ring (bicyclic) bond motifs is 5. The summed E-state index contributed by atoms with van der Waals surface area (Å²) in [4.78, 5) is 54.6. The van der Waals surface area contributed by atoms with E-state index >= 15 is 0 Å². The monoisotopic (exact) mass is 622 g/mol. The van der Waals surface area contributed by atoms with E-state index in [4.69, 9.17) is 24.5 Å². The lowest BCUT2D eigenvalue weighted by molar-refractivity contribution is -0.146. The van der Waals surface area contributed by atoms with E-state index in [1.807, 2.05) is 39.0 Å². The van der Waals surface area contributed by atoms with Crippen LogP contribution in [-0.4, -0.2) is 54.2 Å². The van der Waals surface area contributed by atoms with E-state index < -0.39 is 11.9 Å². The number of hydrogen-bond acceptors (Lipinski definition) is 10. The fourth-order valence-corrected chi connectivity index (χ4v) is 7.31. The fraction of sp³-hybridized carbons (Fsp3) is 0.389. The van der Waals surface area contributed by atoms with Gasteiger partial charge >= 0.3 is 11.9 Å². The van der Waals surface area contributed by atoms with Gasteiger partial charge in [-0.15, -0.1) is 0 Å². The normalized spacial score (nSPS) is 25.9. The molecule has 46 heavy (non-hydrogen) atoms. The molecular formula is C36H38N4O6. The molecule has 5 aliphatic heterocycles. The first-order valence-electron chi connectivity index (χ1n) is 15.7. The predicted molar refractivity (Wildman–Crippen MR) is 175 cm³/mol. The highest BCUT2D eigenvalue weighted by Gasteiger charge is 2.51. The predicted octanol–water partition coefficient (Wildman–Crippen LogP) is 5.60. The maximum Gasteiger partial charge on any atom is 0.321 e. The van der Waals surface area contributed by atoms with Gasteiger partial charge in [0.05, 0.1) is 54.7 Å². The third kappa shape index (κ3) is 4.69. The summed E-state index contributed by atoms with van der Waals surface area (Å²) in [6, 6.07) is 0. The van der Waals surface area contributed by atoms with Crippen LogP contribution in [0.4, 0.5) is 0 Å². The summed E-state index contributed by atoms with van der Waals surface area (Å²) in [6.07, 6.45) is 8.80. The van der Waals surface area contributed by atoms with Crippen molar-refractivity contribution in [1.29, 1.82) is 0 Å². The Morgan fingerprint density at radius 2 is 1.70 bits per heavy atom. The highest BCUT2D eigenvalue weighted by Crippen LogP contribution is 2.47. The number of esters is 2. The van der Waals surface area contributed by atoms with Gasteiger partial charge in [0.25, 0.3) is 0 Å². The highest BCUT2D eigenvalue weighted by molar-refractivity contribution is 6.42. The van der Waals surface area contributed by atoms with Gasteiger partial charge in [-0.3, -0.25) is 14.4 Å². The molecule has 2 N–H and O–H groups in total. The molecule has 3 atom stereocenters. The minimum absolute atomic E-state index is 0.113. The molecule has 5 heterocycles. The van der Waals surface area contributed by atoms with Crippen LogP contribution in [0.2, 0.25) is 0 Å². The Kier molecular flexibility index (Phi) is 8.00. The summed E-state index contributed by atoms with van der Waals surface area (Å²) in [6.45, 7) is 10.0. The zero-order chi connectivity index (χ0) is 33.0. The number of rotatable bonds is 6. The molecule has 8 bridgehead atoms. The van der Waals surface area contributed by atoms with Gasteiger partial charge in [0.15, 0.2) is 5.78 Å². The van der Waals surface area contributed by atoms with Gasteiger partial charge in [0.1, 0.15) is 5.92 Å². The Morgan fingerprint density at radius 3 is 2.35 bits per heavy atom. The van der Waals surface area contributed by atoms with E-state index in [1.54, 1.807) is 0 Å². The Hall–Kier alpha value is -4.86. The van der Waals surface area contributed by atoms with Gasteiger partial charge in [0, 0.05) is 46.4 Å². The molecule has 6 aliphatic rings. The van der Waals surface area contributed by atoms with E-state index in [9.17, 15) is 19.5 Å². The molecule has 1 saturated carbocycles. The van der Waals surface area contributed by atoms with Gasteiger partial charge in [-0.25, -0.2) is 15.0 Å². The Balaban J connectivity index is 1.67.